The number of hydrogen-bond donors (Lipinski definition) is 1. The number of nitrogens with zero attached hydrogens (tertiary/aromatic N) is 4. The molecule has 1 aliphatic carbocycles. The largest absolute Gasteiger partial charge is 0.497 e. The number of nitrogens with one attached hydrogen (secondary N) is 1. The molecule has 0 aromatic heterocycles. The van der Waals surface area contributed by atoms with Crippen molar-refractivity contribution in [1.29, 1.82) is 5.26 Å². The first kappa shape index (κ1) is 18.6. The van der Waals surface area contributed by atoms with Crippen molar-refractivity contribution < 1.29 is 9.53 Å². The average molecular weight is 381 g/mol. The summed E-state index contributed by atoms with van der Waals surface area (Å²) in [5.41, 5.74) is 0.640. The van der Waals surface area contributed by atoms with Crippen molar-refractivity contribution in [2.75, 3.05) is 38.2 Å². The third kappa shape index (κ3) is 3.39. The van der Waals surface area contributed by atoms with E-state index in [1.807, 2.05) is 12.1 Å². The van der Waals surface area contributed by atoms with E-state index in [1.165, 1.54) is 5.69 Å². The molecule has 0 unspecified atom stereocenters. The Bertz CT molecular complexity index is 784. The van der Waals surface area contributed by atoms with Gasteiger partial charge in [-0.05, 0) is 37.1 Å². The first-order chi connectivity index (χ1) is 13.6. The van der Waals surface area contributed by atoms with E-state index in [9.17, 15) is 10.1 Å². The third-order valence-electron chi connectivity index (χ3n) is 6.23. The SMILES string of the molecule is COc1ccc(N2CCN(C3=NC4(CCCCC4)[C@H](C#N)C(=O)N3)CC2)cc1. The minimum Gasteiger partial charge on any atom is -0.497 e. The number of carbonyl (C=O) groups is 1. The van der Waals surface area contributed by atoms with Gasteiger partial charge in [-0.2, -0.15) is 5.26 Å². The Hall–Kier alpha value is -2.75. The molecule has 0 bridgehead atoms. The van der Waals surface area contributed by atoms with Gasteiger partial charge in [-0.25, -0.2) is 4.99 Å². The lowest BCUT2D eigenvalue weighted by molar-refractivity contribution is -0.125. The van der Waals surface area contributed by atoms with Crippen LogP contribution in [0.3, 0.4) is 0 Å². The van der Waals surface area contributed by atoms with E-state index in [1.54, 1.807) is 7.11 Å². The molecule has 28 heavy (non-hydrogen) atoms. The van der Waals surface area contributed by atoms with E-state index in [4.69, 9.17) is 9.73 Å². The zero-order valence-electron chi connectivity index (χ0n) is 16.4. The van der Waals surface area contributed by atoms with Gasteiger partial charge in [0.05, 0.1) is 18.7 Å². The molecule has 1 N–H and O–H groups in total. The van der Waals surface area contributed by atoms with Gasteiger partial charge < -0.3 is 14.5 Å². The number of hydrogen-bond acceptors (Lipinski definition) is 6. The standard InChI is InChI=1S/C21H27N5O2/c1-28-17-7-5-16(6-8-17)25-11-13-26(14-12-25)20-23-19(27)18(15-22)21(24-20)9-3-2-4-10-21/h5-8,18H,2-4,9-14H2,1H3,(H,23,24,27)/t18-/m1/s1. The lowest BCUT2D eigenvalue weighted by Crippen LogP contribution is -2.60. The van der Waals surface area contributed by atoms with Gasteiger partial charge in [-0.15, -0.1) is 0 Å². The summed E-state index contributed by atoms with van der Waals surface area (Å²) in [6.45, 7) is 3.29. The van der Waals surface area contributed by atoms with Crippen LogP contribution in [0, 0.1) is 17.2 Å². The zero-order chi connectivity index (χ0) is 19.6. The van der Waals surface area contributed by atoms with Crippen LogP contribution < -0.4 is 15.0 Å². The van der Waals surface area contributed by atoms with Crippen molar-refractivity contribution in [1.82, 2.24) is 10.2 Å². The van der Waals surface area contributed by atoms with Crippen molar-refractivity contribution >= 4 is 17.6 Å². The molecule has 2 fully saturated rings. The lowest BCUT2D eigenvalue weighted by Gasteiger charge is -2.44. The highest BCUT2D eigenvalue weighted by molar-refractivity contribution is 6.02. The van der Waals surface area contributed by atoms with Gasteiger partial charge in [0.2, 0.25) is 11.9 Å². The maximum atomic E-state index is 12.6. The van der Waals surface area contributed by atoms with E-state index in [-0.39, 0.29) is 5.91 Å². The minimum absolute atomic E-state index is 0.188. The highest BCUT2D eigenvalue weighted by atomic mass is 16.5. The summed E-state index contributed by atoms with van der Waals surface area (Å²) in [4.78, 5) is 22.1. The number of anilines is 1. The fourth-order valence-electron chi connectivity index (χ4n) is 4.59. The zero-order valence-corrected chi connectivity index (χ0v) is 16.4. The van der Waals surface area contributed by atoms with Crippen LogP contribution in [-0.2, 0) is 4.79 Å². The van der Waals surface area contributed by atoms with Crippen LogP contribution in [0.2, 0.25) is 0 Å². The van der Waals surface area contributed by atoms with Crippen LogP contribution in [0.25, 0.3) is 0 Å². The molecule has 148 valence electrons. The molecule has 1 spiro atoms. The van der Waals surface area contributed by atoms with Crippen LogP contribution in [-0.4, -0.2) is 55.6 Å². The van der Waals surface area contributed by atoms with Gasteiger partial charge >= 0.3 is 0 Å². The minimum atomic E-state index is -0.669. The molecule has 4 rings (SSSR count). The Morgan fingerprint density at radius 2 is 1.75 bits per heavy atom. The van der Waals surface area contributed by atoms with Crippen molar-refractivity contribution in [3.05, 3.63) is 24.3 Å². The maximum absolute atomic E-state index is 12.6. The summed E-state index contributed by atoms with van der Waals surface area (Å²) in [6, 6.07) is 10.3. The summed E-state index contributed by atoms with van der Waals surface area (Å²) in [5, 5.41) is 12.5. The molecule has 0 radical (unpaired) electrons. The number of aliphatic imine (C=N–C) groups is 1. The molecular weight excluding hydrogens is 354 g/mol. The van der Waals surface area contributed by atoms with Gasteiger partial charge in [-0.1, -0.05) is 19.3 Å². The van der Waals surface area contributed by atoms with E-state index in [0.717, 1.165) is 64.0 Å². The first-order valence-electron chi connectivity index (χ1n) is 10.1. The predicted octanol–water partition coefficient (Wildman–Crippen LogP) is 2.15. The number of nitriles is 1. The molecule has 1 saturated heterocycles. The first-order valence-corrected chi connectivity index (χ1v) is 10.1. The van der Waals surface area contributed by atoms with Crippen LogP contribution in [0.1, 0.15) is 32.1 Å². The smallest absolute Gasteiger partial charge is 0.246 e. The molecule has 7 nitrogen and oxygen atoms in total. The van der Waals surface area contributed by atoms with E-state index in [0.29, 0.717) is 5.96 Å². The average Bonchev–Trinajstić information content (AvgIpc) is 2.74. The second-order valence-electron chi connectivity index (χ2n) is 7.82. The number of methoxy groups -OCH3 is 1. The molecule has 2 heterocycles. The molecule has 3 aliphatic rings. The number of rotatable bonds is 2. The van der Waals surface area contributed by atoms with Crippen molar-refractivity contribution in [2.45, 2.75) is 37.6 Å². The highest BCUT2D eigenvalue weighted by Crippen LogP contribution is 2.40. The second-order valence-corrected chi connectivity index (χ2v) is 7.82. The molecular formula is C21H27N5O2. The number of amides is 1. The molecule has 1 atom stereocenters. The molecule has 7 heteroatoms. The predicted molar refractivity (Wildman–Crippen MR) is 107 cm³/mol. The Labute approximate surface area is 166 Å². The van der Waals surface area contributed by atoms with Gasteiger partial charge in [0.15, 0.2) is 5.92 Å². The van der Waals surface area contributed by atoms with Gasteiger partial charge in [-0.3, -0.25) is 10.1 Å². The van der Waals surface area contributed by atoms with Crippen LogP contribution >= 0.6 is 0 Å². The van der Waals surface area contributed by atoms with E-state index in [2.05, 4.69) is 33.3 Å². The highest BCUT2D eigenvalue weighted by Gasteiger charge is 2.48. The Balaban J connectivity index is 1.47. The Morgan fingerprint density at radius 3 is 2.36 bits per heavy atom. The second kappa shape index (κ2) is 7.70. The summed E-state index contributed by atoms with van der Waals surface area (Å²) < 4.78 is 5.23. The third-order valence-corrected chi connectivity index (χ3v) is 6.23. The molecule has 1 saturated carbocycles. The maximum Gasteiger partial charge on any atom is 0.246 e. The van der Waals surface area contributed by atoms with E-state index >= 15 is 0 Å². The van der Waals surface area contributed by atoms with Crippen molar-refractivity contribution in [3.8, 4) is 11.8 Å². The molecule has 1 amide bonds. The summed E-state index contributed by atoms with van der Waals surface area (Å²) in [7, 11) is 1.67. The lowest BCUT2D eigenvalue weighted by atomic mass is 9.72. The van der Waals surface area contributed by atoms with Crippen LogP contribution in [0.5, 0.6) is 5.75 Å². The van der Waals surface area contributed by atoms with E-state index < -0.39 is 11.5 Å². The van der Waals surface area contributed by atoms with Gasteiger partial charge in [0.1, 0.15) is 5.75 Å². The molecule has 2 aliphatic heterocycles. The fourth-order valence-corrected chi connectivity index (χ4v) is 4.59. The van der Waals surface area contributed by atoms with Crippen molar-refractivity contribution in [3.63, 3.8) is 0 Å². The number of piperazine rings is 1. The normalized spacial score (nSPS) is 24.4. The summed E-state index contributed by atoms with van der Waals surface area (Å²) >= 11 is 0. The number of carbonyl (C=O) groups excluding carboxylic acids is 1. The molecule has 1 aromatic rings. The Kier molecular flexibility index (Phi) is 5.12. The summed E-state index contributed by atoms with van der Waals surface area (Å²) in [5.74, 6) is 0.656. The van der Waals surface area contributed by atoms with Gasteiger partial charge in [0.25, 0.3) is 0 Å². The fraction of sp³-hybridized carbons (Fsp3) is 0.571. The summed E-state index contributed by atoms with van der Waals surface area (Å²) in [6.07, 6.45) is 4.88. The van der Waals surface area contributed by atoms with Crippen LogP contribution in [0.4, 0.5) is 5.69 Å². The quantitative estimate of drug-likeness (QED) is 0.849. The number of guanidine groups is 1. The number of benzene rings is 1. The topological polar surface area (TPSA) is 81.0 Å². The Morgan fingerprint density at radius 1 is 1.11 bits per heavy atom. The number of ether oxygens (including phenoxy) is 1. The van der Waals surface area contributed by atoms with Crippen molar-refractivity contribution in [2.24, 2.45) is 10.9 Å². The van der Waals surface area contributed by atoms with Crippen LogP contribution in [0.15, 0.2) is 29.3 Å². The molecule has 1 aromatic carbocycles. The monoisotopic (exact) mass is 381 g/mol. The van der Waals surface area contributed by atoms with Gasteiger partial charge in [0, 0.05) is 31.9 Å².